The van der Waals surface area contributed by atoms with Gasteiger partial charge in [0.15, 0.2) is 5.43 Å². The first-order valence-electron chi connectivity index (χ1n) is 8.95. The van der Waals surface area contributed by atoms with Gasteiger partial charge in [-0.2, -0.15) is 0 Å². The Balaban J connectivity index is 1.82. The number of carbonyl (C=O) groups excluding carboxylic acids is 1. The van der Waals surface area contributed by atoms with Crippen molar-refractivity contribution in [3.63, 3.8) is 0 Å². The van der Waals surface area contributed by atoms with Crippen LogP contribution in [0.25, 0.3) is 11.0 Å². The Morgan fingerprint density at radius 1 is 0.931 bits per heavy atom. The number of benzene rings is 3. The summed E-state index contributed by atoms with van der Waals surface area (Å²) in [5.74, 6) is -0.820. The minimum Gasteiger partial charge on any atom is -0.450 e. The number of nitrogens with zero attached hydrogens (tertiary/aromatic N) is 1. The molecule has 0 aliphatic carbocycles. The van der Waals surface area contributed by atoms with Gasteiger partial charge < -0.3 is 4.42 Å². The predicted octanol–water partition coefficient (Wildman–Crippen LogP) is 5.44. The minimum atomic E-state index is -0.679. The highest BCUT2D eigenvalue weighted by Crippen LogP contribution is 2.41. The van der Waals surface area contributed by atoms with E-state index in [4.69, 9.17) is 4.42 Å². The van der Waals surface area contributed by atoms with Crippen molar-refractivity contribution in [2.24, 2.45) is 0 Å². The van der Waals surface area contributed by atoms with Crippen LogP contribution < -0.4 is 10.3 Å². The molecular weight excluding hydrogens is 437 g/mol. The number of rotatable bonds is 2. The summed E-state index contributed by atoms with van der Waals surface area (Å²) in [6.07, 6.45) is 0. The lowest BCUT2D eigenvalue weighted by Crippen LogP contribution is -2.29. The molecule has 1 aliphatic rings. The Morgan fingerprint density at radius 3 is 2.45 bits per heavy atom. The van der Waals surface area contributed by atoms with E-state index < -0.39 is 17.8 Å². The van der Waals surface area contributed by atoms with Crippen LogP contribution in [0.3, 0.4) is 0 Å². The normalized spacial score (nSPS) is 15.7. The lowest BCUT2D eigenvalue weighted by atomic mass is 9.98. The number of hydrogen-bond acceptors (Lipinski definition) is 3. The molecule has 6 heteroatoms. The fourth-order valence-electron chi connectivity index (χ4n) is 3.78. The van der Waals surface area contributed by atoms with Crippen LogP contribution in [-0.2, 0) is 0 Å². The summed E-state index contributed by atoms with van der Waals surface area (Å²) in [4.78, 5) is 28.2. The predicted molar refractivity (Wildman–Crippen MR) is 112 cm³/mol. The van der Waals surface area contributed by atoms with E-state index in [0.29, 0.717) is 16.7 Å². The molecule has 1 unspecified atom stereocenters. The van der Waals surface area contributed by atoms with Crippen molar-refractivity contribution in [1.29, 1.82) is 0 Å². The van der Waals surface area contributed by atoms with E-state index in [2.05, 4.69) is 15.9 Å². The van der Waals surface area contributed by atoms with Crippen LogP contribution in [0.4, 0.5) is 10.1 Å². The Bertz CT molecular complexity index is 1330. The monoisotopic (exact) mass is 449 g/mol. The molecule has 4 aromatic rings. The lowest BCUT2D eigenvalue weighted by Gasteiger charge is -2.25. The Hall–Kier alpha value is -3.25. The Kier molecular flexibility index (Phi) is 4.10. The van der Waals surface area contributed by atoms with Crippen LogP contribution in [0, 0.1) is 5.82 Å². The standard InChI is InChI=1S/C23H13BrFNO3/c24-14-5-3-4-13(12-14)20-19-21(27)17-6-1-2-7-18(17)29-22(19)23(28)26(20)16-10-8-15(25)9-11-16/h1-12,20H. The highest BCUT2D eigenvalue weighted by molar-refractivity contribution is 9.10. The molecular formula is C23H13BrFNO3. The highest BCUT2D eigenvalue weighted by Gasteiger charge is 2.43. The number of halogens is 2. The fourth-order valence-corrected chi connectivity index (χ4v) is 4.20. The van der Waals surface area contributed by atoms with Crippen LogP contribution in [0.2, 0.25) is 0 Å². The molecule has 1 aliphatic heterocycles. The Morgan fingerprint density at radius 2 is 1.69 bits per heavy atom. The molecule has 0 N–H and O–H groups in total. The van der Waals surface area contributed by atoms with Gasteiger partial charge in [-0.15, -0.1) is 0 Å². The van der Waals surface area contributed by atoms with Crippen molar-refractivity contribution in [2.75, 3.05) is 4.90 Å². The average molecular weight is 450 g/mol. The van der Waals surface area contributed by atoms with Crippen LogP contribution in [-0.4, -0.2) is 5.91 Å². The zero-order valence-electron chi connectivity index (χ0n) is 14.9. The molecule has 0 spiro atoms. The molecule has 1 aromatic heterocycles. The van der Waals surface area contributed by atoms with Crippen molar-refractivity contribution in [3.8, 4) is 0 Å². The van der Waals surface area contributed by atoms with Crippen LogP contribution in [0.1, 0.15) is 27.7 Å². The summed E-state index contributed by atoms with van der Waals surface area (Å²) in [7, 11) is 0. The van der Waals surface area contributed by atoms with Gasteiger partial charge in [-0.25, -0.2) is 4.39 Å². The minimum absolute atomic E-state index is 0.0167. The van der Waals surface area contributed by atoms with E-state index in [1.165, 1.54) is 29.2 Å². The van der Waals surface area contributed by atoms with Crippen LogP contribution >= 0.6 is 15.9 Å². The molecule has 1 amide bonds. The number of carbonyl (C=O) groups is 1. The van der Waals surface area contributed by atoms with Crippen LogP contribution in [0.15, 0.2) is 86.5 Å². The van der Waals surface area contributed by atoms with E-state index >= 15 is 0 Å². The van der Waals surface area contributed by atoms with Gasteiger partial charge in [-0.05, 0) is 54.1 Å². The Labute approximate surface area is 173 Å². The maximum atomic E-state index is 13.5. The van der Waals surface area contributed by atoms with E-state index in [0.717, 1.165) is 10.0 Å². The topological polar surface area (TPSA) is 50.5 Å². The van der Waals surface area contributed by atoms with E-state index in [1.807, 2.05) is 24.3 Å². The molecule has 29 heavy (non-hydrogen) atoms. The van der Waals surface area contributed by atoms with E-state index in [1.54, 1.807) is 24.3 Å². The molecule has 0 bridgehead atoms. The second kappa shape index (κ2) is 6.67. The van der Waals surface area contributed by atoms with Crippen molar-refractivity contribution < 1.29 is 13.6 Å². The quantitative estimate of drug-likeness (QED) is 0.409. The van der Waals surface area contributed by atoms with Gasteiger partial charge in [-0.1, -0.05) is 40.2 Å². The highest BCUT2D eigenvalue weighted by atomic mass is 79.9. The zero-order chi connectivity index (χ0) is 20.1. The third kappa shape index (κ3) is 2.79. The van der Waals surface area contributed by atoms with E-state index in [-0.39, 0.29) is 16.8 Å². The largest absolute Gasteiger partial charge is 0.450 e. The molecule has 5 rings (SSSR count). The maximum absolute atomic E-state index is 13.5. The molecule has 142 valence electrons. The van der Waals surface area contributed by atoms with Gasteiger partial charge in [0.1, 0.15) is 11.4 Å². The maximum Gasteiger partial charge on any atom is 0.295 e. The molecule has 0 saturated carbocycles. The first kappa shape index (κ1) is 17.8. The molecule has 0 fully saturated rings. The number of para-hydroxylation sites is 1. The van der Waals surface area contributed by atoms with Gasteiger partial charge in [0.05, 0.1) is 17.0 Å². The molecule has 4 nitrogen and oxygen atoms in total. The van der Waals surface area contributed by atoms with Crippen molar-refractivity contribution in [2.45, 2.75) is 6.04 Å². The van der Waals surface area contributed by atoms with Gasteiger partial charge >= 0.3 is 0 Å². The van der Waals surface area contributed by atoms with Gasteiger partial charge in [0.25, 0.3) is 5.91 Å². The van der Waals surface area contributed by atoms with Gasteiger partial charge in [-0.3, -0.25) is 14.5 Å². The number of fused-ring (bicyclic) bond motifs is 2. The van der Waals surface area contributed by atoms with Crippen molar-refractivity contribution in [1.82, 2.24) is 0 Å². The van der Waals surface area contributed by atoms with Gasteiger partial charge in [0.2, 0.25) is 5.76 Å². The summed E-state index contributed by atoms with van der Waals surface area (Å²) in [5.41, 5.74) is 1.63. The first-order chi connectivity index (χ1) is 14.0. The van der Waals surface area contributed by atoms with E-state index in [9.17, 15) is 14.0 Å². The molecule has 0 saturated heterocycles. The summed E-state index contributed by atoms with van der Waals surface area (Å²) < 4.78 is 20.2. The number of anilines is 1. The molecule has 2 heterocycles. The summed E-state index contributed by atoms with van der Waals surface area (Å²) in [6, 6.07) is 19.2. The summed E-state index contributed by atoms with van der Waals surface area (Å²) in [6.45, 7) is 0. The second-order valence-corrected chi connectivity index (χ2v) is 7.69. The fraction of sp³-hybridized carbons (Fsp3) is 0.0435. The van der Waals surface area contributed by atoms with Gasteiger partial charge in [0, 0.05) is 10.2 Å². The molecule has 3 aromatic carbocycles. The second-order valence-electron chi connectivity index (χ2n) is 6.78. The molecule has 0 radical (unpaired) electrons. The number of hydrogen-bond donors (Lipinski definition) is 0. The van der Waals surface area contributed by atoms with Crippen LogP contribution in [0.5, 0.6) is 0 Å². The summed E-state index contributed by atoms with van der Waals surface area (Å²) in [5, 5.41) is 0.417. The van der Waals surface area contributed by atoms with Crippen molar-refractivity contribution >= 4 is 38.5 Å². The van der Waals surface area contributed by atoms with Crippen molar-refractivity contribution in [3.05, 3.63) is 110 Å². The average Bonchev–Trinajstić information content (AvgIpc) is 3.02. The lowest BCUT2D eigenvalue weighted by molar-refractivity contribution is 0.0971. The third-order valence-electron chi connectivity index (χ3n) is 5.05. The zero-order valence-corrected chi connectivity index (χ0v) is 16.5. The SMILES string of the molecule is O=C1c2oc3ccccc3c(=O)c2C(c2cccc(Br)c2)N1c1ccc(F)cc1. The first-order valence-corrected chi connectivity index (χ1v) is 9.74. The smallest absolute Gasteiger partial charge is 0.295 e. The number of amides is 1. The third-order valence-corrected chi connectivity index (χ3v) is 5.54. The molecule has 1 atom stereocenters. The summed E-state index contributed by atoms with van der Waals surface area (Å²) >= 11 is 3.45.